The highest BCUT2D eigenvalue weighted by Gasteiger charge is 2.31. The van der Waals surface area contributed by atoms with Gasteiger partial charge in [-0.3, -0.25) is 0 Å². The van der Waals surface area contributed by atoms with E-state index in [1.165, 1.54) is 0 Å². The molecule has 2 rings (SSSR count). The minimum atomic E-state index is 0.243. The Kier molecular flexibility index (Phi) is 10.6. The Balaban J connectivity index is 3.21. The molecule has 0 aliphatic carbocycles. The Bertz CT molecular complexity index is 927. The first-order chi connectivity index (χ1) is 17.5. The normalized spacial score (nSPS) is 12.5. The predicted octanol–water partition coefficient (Wildman–Crippen LogP) is 6.91. The number of rotatable bonds is 12. The van der Waals surface area contributed by atoms with Crippen molar-refractivity contribution < 1.29 is 0 Å². The number of fused-ring (bicyclic) bond motifs is 1. The van der Waals surface area contributed by atoms with Gasteiger partial charge in [0.15, 0.2) is 11.6 Å². The molecule has 0 amide bonds. The zero-order chi connectivity index (χ0) is 29.2. The second-order valence-corrected chi connectivity index (χ2v) is 12.8. The third-order valence-corrected chi connectivity index (χ3v) is 6.89. The fourth-order valence-corrected chi connectivity index (χ4v) is 5.84. The molecule has 38 heavy (non-hydrogen) atoms. The fourth-order valence-electron chi connectivity index (χ4n) is 5.84. The molecule has 2 heterocycles. The highest BCUT2D eigenvalue weighted by Crippen LogP contribution is 2.36. The molecule has 0 saturated heterocycles. The molecule has 0 bridgehead atoms. The molecule has 8 heteroatoms. The molecule has 0 aromatic carbocycles. The maximum atomic E-state index is 5.28. The van der Waals surface area contributed by atoms with E-state index in [0.29, 0.717) is 0 Å². The first-order valence-electron chi connectivity index (χ1n) is 14.7. The van der Waals surface area contributed by atoms with Crippen LogP contribution in [0, 0.1) is 0 Å². The van der Waals surface area contributed by atoms with Gasteiger partial charge in [-0.05, 0) is 111 Å². The van der Waals surface area contributed by atoms with Crippen LogP contribution < -0.4 is 19.6 Å². The maximum absolute atomic E-state index is 5.28. The summed E-state index contributed by atoms with van der Waals surface area (Å²) in [4.78, 5) is 30.4. The molecule has 0 aliphatic heterocycles. The summed E-state index contributed by atoms with van der Waals surface area (Å²) in [6.45, 7) is 35.4. The van der Waals surface area contributed by atoms with Gasteiger partial charge >= 0.3 is 0 Å². The summed E-state index contributed by atoms with van der Waals surface area (Å²) < 4.78 is 0. The van der Waals surface area contributed by atoms with Crippen molar-refractivity contribution >= 4 is 34.6 Å². The van der Waals surface area contributed by atoms with E-state index < -0.39 is 0 Å². The Morgan fingerprint density at radius 3 is 0.711 bits per heavy atom. The molecule has 0 spiro atoms. The summed E-state index contributed by atoms with van der Waals surface area (Å²) in [7, 11) is 0. The summed E-state index contributed by atoms with van der Waals surface area (Å²) in [6.07, 6.45) is 0. The van der Waals surface area contributed by atoms with Gasteiger partial charge in [0.2, 0.25) is 11.9 Å². The Labute approximate surface area is 233 Å². The summed E-state index contributed by atoms with van der Waals surface area (Å²) >= 11 is 0. The zero-order valence-corrected chi connectivity index (χ0v) is 27.2. The Hall–Kier alpha value is -2.38. The topological polar surface area (TPSA) is 64.5 Å². The van der Waals surface area contributed by atoms with Gasteiger partial charge in [0.05, 0.1) is 0 Å². The minimum absolute atomic E-state index is 0.243. The molecular weight excluding hydrogens is 472 g/mol. The molecule has 2 aromatic heterocycles. The van der Waals surface area contributed by atoms with Gasteiger partial charge in [-0.2, -0.15) is 9.97 Å². The van der Waals surface area contributed by atoms with Gasteiger partial charge in [-0.1, -0.05) is 0 Å². The van der Waals surface area contributed by atoms with Crippen molar-refractivity contribution in [3.05, 3.63) is 0 Å². The molecule has 0 unspecified atom stereocenters. The third kappa shape index (κ3) is 6.60. The lowest BCUT2D eigenvalue weighted by Crippen LogP contribution is -2.42. The van der Waals surface area contributed by atoms with Crippen LogP contribution in [-0.2, 0) is 0 Å². The van der Waals surface area contributed by atoms with Crippen LogP contribution in [0.25, 0.3) is 11.0 Å². The summed E-state index contributed by atoms with van der Waals surface area (Å²) in [5, 5.41) is 0. The second kappa shape index (κ2) is 12.6. The Morgan fingerprint density at radius 2 is 0.526 bits per heavy atom. The van der Waals surface area contributed by atoms with E-state index in [1.54, 1.807) is 0 Å². The largest absolute Gasteiger partial charge is 0.350 e. The number of aromatic nitrogens is 4. The van der Waals surface area contributed by atoms with Crippen molar-refractivity contribution in [3.8, 4) is 0 Å². The van der Waals surface area contributed by atoms with Gasteiger partial charge < -0.3 is 19.6 Å². The van der Waals surface area contributed by atoms with E-state index >= 15 is 0 Å². The molecular formula is C30H56N8. The third-order valence-electron chi connectivity index (χ3n) is 6.89. The molecule has 0 saturated carbocycles. The fraction of sp³-hybridized carbons (Fsp3) is 0.800. The van der Waals surface area contributed by atoms with Crippen LogP contribution in [0.2, 0.25) is 0 Å². The van der Waals surface area contributed by atoms with Crippen LogP contribution in [0.5, 0.6) is 0 Å². The molecule has 0 aliphatic rings. The number of hydrogen-bond donors (Lipinski definition) is 0. The molecule has 2 aromatic rings. The number of hydrogen-bond acceptors (Lipinski definition) is 8. The van der Waals surface area contributed by atoms with E-state index in [2.05, 4.69) is 130 Å². The van der Waals surface area contributed by atoms with E-state index in [-0.39, 0.29) is 48.3 Å². The summed E-state index contributed by atoms with van der Waals surface area (Å²) in [5.74, 6) is 3.23. The zero-order valence-electron chi connectivity index (χ0n) is 27.2. The lowest BCUT2D eigenvalue weighted by atomic mass is 10.2. The van der Waals surface area contributed by atoms with Crippen LogP contribution in [0.4, 0.5) is 23.5 Å². The van der Waals surface area contributed by atoms with E-state index in [4.69, 9.17) is 19.9 Å². The highest BCUT2D eigenvalue weighted by molar-refractivity contribution is 5.95. The van der Waals surface area contributed by atoms with Crippen molar-refractivity contribution in [2.45, 2.75) is 159 Å². The van der Waals surface area contributed by atoms with Crippen molar-refractivity contribution in [1.29, 1.82) is 0 Å². The van der Waals surface area contributed by atoms with Gasteiger partial charge in [0, 0.05) is 48.3 Å². The molecule has 0 fully saturated rings. The predicted molar refractivity (Wildman–Crippen MR) is 166 cm³/mol. The first kappa shape index (κ1) is 31.8. The van der Waals surface area contributed by atoms with Crippen LogP contribution >= 0.6 is 0 Å². The molecule has 8 nitrogen and oxygen atoms in total. The van der Waals surface area contributed by atoms with Crippen molar-refractivity contribution in [2.75, 3.05) is 19.6 Å². The van der Waals surface area contributed by atoms with Crippen LogP contribution in [0.15, 0.2) is 0 Å². The highest BCUT2D eigenvalue weighted by atomic mass is 15.4. The van der Waals surface area contributed by atoms with E-state index in [0.717, 1.165) is 34.6 Å². The maximum Gasteiger partial charge on any atom is 0.228 e. The van der Waals surface area contributed by atoms with Gasteiger partial charge in [0.1, 0.15) is 11.0 Å². The second-order valence-electron chi connectivity index (χ2n) is 12.8. The van der Waals surface area contributed by atoms with Crippen LogP contribution in [0.3, 0.4) is 0 Å². The molecule has 0 atom stereocenters. The average molecular weight is 529 g/mol. The number of anilines is 4. The van der Waals surface area contributed by atoms with Gasteiger partial charge in [0.25, 0.3) is 0 Å². The summed E-state index contributed by atoms with van der Waals surface area (Å²) in [6, 6.07) is 1.97. The molecule has 216 valence electrons. The first-order valence-corrected chi connectivity index (χ1v) is 14.7. The Morgan fingerprint density at radius 1 is 0.316 bits per heavy atom. The number of nitrogens with zero attached hydrogens (tertiary/aromatic N) is 8. The lowest BCUT2D eigenvalue weighted by Gasteiger charge is -2.38. The van der Waals surface area contributed by atoms with Crippen molar-refractivity contribution in [3.63, 3.8) is 0 Å². The van der Waals surface area contributed by atoms with E-state index in [1.807, 2.05) is 0 Å². The van der Waals surface area contributed by atoms with Crippen molar-refractivity contribution in [1.82, 2.24) is 19.9 Å². The standard InChI is InChI=1S/C30H56N8/c1-17(2)35(18(3)4)27-25-26(32-29(33-27)37(21(9)10)22(11)12)28(36(19(5)6)20(7)8)34-30(31-25)38(23(13)14)24(15)16/h17-24H,1-16H3. The lowest BCUT2D eigenvalue weighted by molar-refractivity contribution is 0.575. The smallest absolute Gasteiger partial charge is 0.228 e. The average Bonchev–Trinajstić information content (AvgIpc) is 2.72. The van der Waals surface area contributed by atoms with Crippen molar-refractivity contribution in [2.24, 2.45) is 0 Å². The summed E-state index contributed by atoms with van der Waals surface area (Å²) in [5.41, 5.74) is 1.64. The minimum Gasteiger partial charge on any atom is -0.350 e. The molecule has 0 N–H and O–H groups in total. The van der Waals surface area contributed by atoms with E-state index in [9.17, 15) is 0 Å². The van der Waals surface area contributed by atoms with Gasteiger partial charge in [-0.15, -0.1) is 0 Å². The SMILES string of the molecule is CC(C)N(c1nc(N(C(C)C)C(C)C)c2nc(N(C(C)C)C(C)C)nc(N(C(C)C)C(C)C)c2n1)C(C)C. The van der Waals surface area contributed by atoms with Gasteiger partial charge in [-0.25, -0.2) is 9.97 Å². The van der Waals surface area contributed by atoms with Crippen LogP contribution in [-0.4, -0.2) is 68.3 Å². The monoisotopic (exact) mass is 528 g/mol. The molecule has 0 radical (unpaired) electrons. The van der Waals surface area contributed by atoms with Crippen LogP contribution in [0.1, 0.15) is 111 Å². The quantitative estimate of drug-likeness (QED) is 0.294.